The van der Waals surface area contributed by atoms with Crippen LogP contribution >= 0.6 is 23.2 Å². The highest BCUT2D eigenvalue weighted by molar-refractivity contribution is 6.37. The lowest BCUT2D eigenvalue weighted by Crippen LogP contribution is -2.29. The molecule has 104 valence electrons. The van der Waals surface area contributed by atoms with Crippen molar-refractivity contribution in [3.63, 3.8) is 0 Å². The Morgan fingerprint density at radius 2 is 1.80 bits per heavy atom. The number of hydrogen-bond acceptors (Lipinski definition) is 4. The molecular weight excluding hydrogens is 309 g/mol. The molecule has 1 aromatic heterocycles. The summed E-state index contributed by atoms with van der Waals surface area (Å²) in [5.41, 5.74) is -1.65. The van der Waals surface area contributed by atoms with Gasteiger partial charge in [-0.2, -0.15) is 0 Å². The molecule has 2 rings (SSSR count). The molecule has 20 heavy (non-hydrogen) atoms. The van der Waals surface area contributed by atoms with Crippen LogP contribution in [0.4, 0.5) is 5.69 Å². The van der Waals surface area contributed by atoms with Crippen LogP contribution in [0.2, 0.25) is 10.0 Å². The number of anilines is 1. The molecule has 1 aromatic carbocycles. The van der Waals surface area contributed by atoms with Gasteiger partial charge in [0, 0.05) is 11.9 Å². The maximum Gasteiger partial charge on any atom is 0.325 e. The summed E-state index contributed by atoms with van der Waals surface area (Å²) >= 11 is 11.4. The van der Waals surface area contributed by atoms with E-state index < -0.39 is 17.2 Å². The minimum Gasteiger partial charge on any atom is -0.505 e. The third-order valence-electron chi connectivity index (χ3n) is 2.34. The molecule has 0 aliphatic rings. The molecular formula is C11H7Cl2N3O4. The second kappa shape index (κ2) is 5.40. The predicted octanol–water partition coefficient (Wildman–Crippen LogP) is 1.33. The highest BCUT2D eigenvalue weighted by Gasteiger charge is 2.13. The van der Waals surface area contributed by atoms with Crippen molar-refractivity contribution < 1.29 is 9.90 Å². The Kier molecular flexibility index (Phi) is 3.82. The number of phenols is 1. The van der Waals surface area contributed by atoms with Crippen LogP contribution in [0.5, 0.6) is 5.75 Å². The molecule has 0 atom stereocenters. The normalized spacial score (nSPS) is 10.3. The number of nitrogens with one attached hydrogen (secondary N) is 3. The van der Waals surface area contributed by atoms with Crippen molar-refractivity contribution >= 4 is 34.8 Å². The van der Waals surface area contributed by atoms with Crippen LogP contribution in [0.15, 0.2) is 27.9 Å². The van der Waals surface area contributed by atoms with E-state index in [4.69, 9.17) is 23.2 Å². The van der Waals surface area contributed by atoms with E-state index >= 15 is 0 Å². The summed E-state index contributed by atoms with van der Waals surface area (Å²) in [6.07, 6.45) is 0.986. The summed E-state index contributed by atoms with van der Waals surface area (Å²) in [6.45, 7) is 0. The van der Waals surface area contributed by atoms with Gasteiger partial charge in [-0.15, -0.1) is 0 Å². The van der Waals surface area contributed by atoms with Crippen molar-refractivity contribution in [1.82, 2.24) is 9.97 Å². The van der Waals surface area contributed by atoms with Crippen molar-refractivity contribution in [2.75, 3.05) is 5.32 Å². The Balaban J connectivity index is 2.33. The summed E-state index contributed by atoms with van der Waals surface area (Å²) in [4.78, 5) is 38.2. The van der Waals surface area contributed by atoms with Gasteiger partial charge in [0.05, 0.1) is 10.0 Å². The third-order valence-corrected chi connectivity index (χ3v) is 2.91. The lowest BCUT2D eigenvalue weighted by molar-refractivity contribution is 0.102. The number of aromatic amines is 2. The van der Waals surface area contributed by atoms with E-state index in [1.54, 1.807) is 0 Å². The van der Waals surface area contributed by atoms with Crippen LogP contribution in [0.25, 0.3) is 0 Å². The van der Waals surface area contributed by atoms with Gasteiger partial charge in [0.2, 0.25) is 0 Å². The topological polar surface area (TPSA) is 115 Å². The molecule has 7 nitrogen and oxygen atoms in total. The number of H-pyrrole nitrogens is 2. The molecule has 0 unspecified atom stereocenters. The fourth-order valence-corrected chi connectivity index (χ4v) is 1.90. The van der Waals surface area contributed by atoms with E-state index in [0.29, 0.717) is 0 Å². The van der Waals surface area contributed by atoms with Crippen LogP contribution in [-0.4, -0.2) is 21.0 Å². The number of halogens is 2. The maximum absolute atomic E-state index is 11.9. The van der Waals surface area contributed by atoms with Gasteiger partial charge in [-0.3, -0.25) is 14.6 Å². The Labute approximate surface area is 121 Å². The maximum atomic E-state index is 11.9. The molecule has 0 radical (unpaired) electrons. The molecule has 4 N–H and O–H groups in total. The van der Waals surface area contributed by atoms with E-state index in [9.17, 15) is 19.5 Å². The molecule has 0 aliphatic carbocycles. The quantitative estimate of drug-likeness (QED) is 0.626. The van der Waals surface area contributed by atoms with E-state index in [-0.39, 0.29) is 27.0 Å². The lowest BCUT2D eigenvalue weighted by Gasteiger charge is -2.07. The van der Waals surface area contributed by atoms with Gasteiger partial charge in [0.25, 0.3) is 11.5 Å². The first-order valence-electron chi connectivity index (χ1n) is 5.20. The number of aromatic nitrogens is 2. The first-order valence-corrected chi connectivity index (χ1v) is 5.95. The second-order valence-corrected chi connectivity index (χ2v) is 4.54. The van der Waals surface area contributed by atoms with Crippen molar-refractivity contribution in [2.45, 2.75) is 0 Å². The Hall–Kier alpha value is -2.25. The van der Waals surface area contributed by atoms with E-state index in [0.717, 1.165) is 6.20 Å². The number of aromatic hydroxyl groups is 1. The summed E-state index contributed by atoms with van der Waals surface area (Å²) in [5.74, 6) is -1.08. The van der Waals surface area contributed by atoms with Crippen molar-refractivity contribution in [3.8, 4) is 5.75 Å². The van der Waals surface area contributed by atoms with E-state index in [1.807, 2.05) is 4.98 Å². The van der Waals surface area contributed by atoms with Gasteiger partial charge in [0.1, 0.15) is 5.56 Å². The summed E-state index contributed by atoms with van der Waals surface area (Å²) in [5, 5.41) is 11.6. The molecule has 9 heteroatoms. The van der Waals surface area contributed by atoms with Gasteiger partial charge in [-0.1, -0.05) is 23.2 Å². The van der Waals surface area contributed by atoms with Crippen LogP contribution < -0.4 is 16.6 Å². The largest absolute Gasteiger partial charge is 0.505 e. The Bertz CT molecular complexity index is 774. The van der Waals surface area contributed by atoms with Gasteiger partial charge < -0.3 is 15.4 Å². The number of carbonyl (C=O) groups is 1. The van der Waals surface area contributed by atoms with Crippen LogP contribution in [0.3, 0.4) is 0 Å². The minimum atomic E-state index is -0.831. The first kappa shape index (κ1) is 14.2. The minimum absolute atomic E-state index is 0.0526. The monoisotopic (exact) mass is 315 g/mol. The van der Waals surface area contributed by atoms with Crippen molar-refractivity contribution in [2.24, 2.45) is 0 Å². The zero-order valence-electron chi connectivity index (χ0n) is 9.66. The molecule has 1 amide bonds. The first-order chi connectivity index (χ1) is 9.38. The van der Waals surface area contributed by atoms with Crippen molar-refractivity contribution in [3.05, 3.63) is 54.8 Å². The zero-order valence-corrected chi connectivity index (χ0v) is 11.2. The molecule has 0 fully saturated rings. The standard InChI is InChI=1S/C11H7Cl2N3O4/c12-6-1-4(2-7(13)8(6)17)15-9(18)5-3-14-11(20)16-10(5)19/h1-3,17H,(H,15,18)(H2,14,16,19,20). The summed E-state index contributed by atoms with van der Waals surface area (Å²) < 4.78 is 0. The van der Waals surface area contributed by atoms with Gasteiger partial charge in [-0.25, -0.2) is 4.79 Å². The lowest BCUT2D eigenvalue weighted by atomic mass is 10.2. The molecule has 1 heterocycles. The second-order valence-electron chi connectivity index (χ2n) is 3.73. The number of hydrogen-bond donors (Lipinski definition) is 4. The Morgan fingerprint density at radius 1 is 1.20 bits per heavy atom. The zero-order chi connectivity index (χ0) is 14.9. The molecule has 0 saturated heterocycles. The number of rotatable bonds is 2. The summed E-state index contributed by atoms with van der Waals surface area (Å²) in [6, 6.07) is 2.53. The third kappa shape index (κ3) is 2.84. The fraction of sp³-hybridized carbons (Fsp3) is 0. The van der Waals surface area contributed by atoms with Gasteiger partial charge >= 0.3 is 5.69 Å². The smallest absolute Gasteiger partial charge is 0.325 e. The molecule has 2 aromatic rings. The average molecular weight is 316 g/mol. The molecule has 0 bridgehead atoms. The molecule has 0 saturated carbocycles. The Morgan fingerprint density at radius 3 is 2.35 bits per heavy atom. The fourth-order valence-electron chi connectivity index (χ4n) is 1.41. The van der Waals surface area contributed by atoms with E-state index in [1.165, 1.54) is 12.1 Å². The van der Waals surface area contributed by atoms with E-state index in [2.05, 4.69) is 10.3 Å². The van der Waals surface area contributed by atoms with Crippen molar-refractivity contribution in [1.29, 1.82) is 0 Å². The number of carbonyl (C=O) groups excluding carboxylic acids is 1. The molecule has 0 spiro atoms. The predicted molar refractivity (Wildman–Crippen MR) is 73.8 cm³/mol. The van der Waals surface area contributed by atoms with Gasteiger partial charge in [-0.05, 0) is 12.1 Å². The number of phenolic OH excluding ortho intramolecular Hbond substituents is 1. The highest BCUT2D eigenvalue weighted by atomic mass is 35.5. The van der Waals surface area contributed by atoms with Crippen LogP contribution in [0, 0.1) is 0 Å². The SMILES string of the molecule is O=C(Nc1cc(Cl)c(O)c(Cl)c1)c1c[nH]c(=O)[nH]c1=O. The highest BCUT2D eigenvalue weighted by Crippen LogP contribution is 2.34. The number of amides is 1. The van der Waals surface area contributed by atoms with Crippen LogP contribution in [0.1, 0.15) is 10.4 Å². The average Bonchev–Trinajstić information content (AvgIpc) is 2.35. The number of benzene rings is 1. The van der Waals surface area contributed by atoms with Crippen LogP contribution in [-0.2, 0) is 0 Å². The van der Waals surface area contributed by atoms with Gasteiger partial charge in [0.15, 0.2) is 5.75 Å². The molecule has 0 aliphatic heterocycles. The summed E-state index contributed by atoms with van der Waals surface area (Å²) in [7, 11) is 0.